The van der Waals surface area contributed by atoms with E-state index in [0.717, 1.165) is 17.9 Å². The minimum atomic E-state index is 0.173. The summed E-state index contributed by atoms with van der Waals surface area (Å²) >= 11 is 1.99. The lowest BCUT2D eigenvalue weighted by Gasteiger charge is -2.36. The van der Waals surface area contributed by atoms with Crippen LogP contribution in [0.3, 0.4) is 0 Å². The Kier molecular flexibility index (Phi) is 6.66. The van der Waals surface area contributed by atoms with E-state index >= 15 is 0 Å². The van der Waals surface area contributed by atoms with Gasteiger partial charge in [-0.3, -0.25) is 5.32 Å². The molecule has 2 atom stereocenters. The van der Waals surface area contributed by atoms with E-state index in [4.69, 9.17) is 4.74 Å². The average molecular weight is 370 g/mol. The summed E-state index contributed by atoms with van der Waals surface area (Å²) in [6.45, 7) is 7.36. The monoisotopic (exact) mass is 369 g/mol. The molecule has 3 rings (SSSR count). The molecule has 2 nitrogen and oxygen atoms in total. The van der Waals surface area contributed by atoms with Crippen LogP contribution >= 0.6 is 11.8 Å². The van der Waals surface area contributed by atoms with Gasteiger partial charge in [-0.15, -0.1) is 11.8 Å². The van der Waals surface area contributed by atoms with Gasteiger partial charge in [0.15, 0.2) is 0 Å². The molecule has 0 radical (unpaired) electrons. The molecule has 26 heavy (non-hydrogen) atoms. The summed E-state index contributed by atoms with van der Waals surface area (Å²) in [7, 11) is 0. The number of benzene rings is 2. The van der Waals surface area contributed by atoms with Crippen molar-refractivity contribution in [3.8, 4) is 5.75 Å². The smallest absolute Gasteiger partial charge is 0.120 e. The first-order valence-corrected chi connectivity index (χ1v) is 10.9. The van der Waals surface area contributed by atoms with Gasteiger partial charge in [0.25, 0.3) is 0 Å². The van der Waals surface area contributed by atoms with Crippen molar-refractivity contribution < 1.29 is 4.74 Å². The first kappa shape index (κ1) is 19.3. The van der Waals surface area contributed by atoms with Crippen LogP contribution in [0.1, 0.15) is 63.6 Å². The second kappa shape index (κ2) is 8.96. The molecule has 0 saturated heterocycles. The molecule has 0 aliphatic carbocycles. The summed E-state index contributed by atoms with van der Waals surface area (Å²) in [6.07, 6.45) is 4.88. The normalized spacial score (nSPS) is 22.5. The molecule has 2 aromatic rings. The van der Waals surface area contributed by atoms with Gasteiger partial charge in [0.1, 0.15) is 5.75 Å². The maximum absolute atomic E-state index is 5.76. The number of rotatable bonds is 7. The van der Waals surface area contributed by atoms with E-state index < -0.39 is 0 Å². The Labute approximate surface area is 162 Å². The lowest BCUT2D eigenvalue weighted by atomic mass is 9.88. The molecule has 0 bridgehead atoms. The van der Waals surface area contributed by atoms with Crippen molar-refractivity contribution in [3.63, 3.8) is 0 Å². The Morgan fingerprint density at radius 2 is 1.92 bits per heavy atom. The first-order valence-electron chi connectivity index (χ1n) is 9.93. The van der Waals surface area contributed by atoms with Crippen molar-refractivity contribution in [2.75, 3.05) is 12.4 Å². The summed E-state index contributed by atoms with van der Waals surface area (Å²) in [4.78, 5) is 1.35. The molecule has 1 aliphatic heterocycles. The Bertz CT molecular complexity index is 703. The standard InChI is InChI=1S/C23H31NOS/c1-4-7-15-23(5-2)17-26-21-16-19(25-6-3)13-14-20(21)22(24-23)18-11-9-8-10-12-18/h8-14,16,22,24H,4-7,15,17H2,1-3H3. The minimum Gasteiger partial charge on any atom is -0.494 e. The lowest BCUT2D eigenvalue weighted by Crippen LogP contribution is -2.48. The fourth-order valence-corrected chi connectivity index (χ4v) is 5.14. The van der Waals surface area contributed by atoms with E-state index in [1.165, 1.54) is 35.3 Å². The Hall–Kier alpha value is -1.45. The Morgan fingerprint density at radius 3 is 2.62 bits per heavy atom. The number of hydrogen-bond acceptors (Lipinski definition) is 3. The predicted molar refractivity (Wildman–Crippen MR) is 112 cm³/mol. The van der Waals surface area contributed by atoms with E-state index in [0.29, 0.717) is 6.61 Å². The van der Waals surface area contributed by atoms with Crippen LogP contribution in [0.25, 0.3) is 0 Å². The van der Waals surface area contributed by atoms with Crippen LogP contribution in [-0.2, 0) is 0 Å². The summed E-state index contributed by atoms with van der Waals surface area (Å²) in [6, 6.07) is 17.7. The van der Waals surface area contributed by atoms with Crippen molar-refractivity contribution in [1.29, 1.82) is 0 Å². The molecule has 0 amide bonds. The topological polar surface area (TPSA) is 21.3 Å². The quantitative estimate of drug-likeness (QED) is 0.627. The highest BCUT2D eigenvalue weighted by atomic mass is 32.2. The van der Waals surface area contributed by atoms with E-state index in [2.05, 4.69) is 67.7 Å². The molecular weight excluding hydrogens is 338 g/mol. The molecule has 1 N–H and O–H groups in total. The third kappa shape index (κ3) is 4.27. The van der Waals surface area contributed by atoms with E-state index in [9.17, 15) is 0 Å². The molecule has 1 aliphatic rings. The van der Waals surface area contributed by atoms with Gasteiger partial charge in [-0.1, -0.05) is 63.1 Å². The van der Waals surface area contributed by atoms with Crippen LogP contribution in [-0.4, -0.2) is 17.9 Å². The van der Waals surface area contributed by atoms with Crippen LogP contribution in [0.4, 0.5) is 0 Å². The number of unbranched alkanes of at least 4 members (excludes halogenated alkanes) is 1. The van der Waals surface area contributed by atoms with Gasteiger partial charge >= 0.3 is 0 Å². The van der Waals surface area contributed by atoms with Crippen LogP contribution in [0.5, 0.6) is 5.75 Å². The van der Waals surface area contributed by atoms with E-state index in [1.807, 2.05) is 18.7 Å². The lowest BCUT2D eigenvalue weighted by molar-refractivity contribution is 0.297. The zero-order valence-corrected chi connectivity index (χ0v) is 17.1. The largest absolute Gasteiger partial charge is 0.494 e. The Balaban J connectivity index is 2.02. The van der Waals surface area contributed by atoms with E-state index in [-0.39, 0.29) is 11.6 Å². The Morgan fingerprint density at radius 1 is 1.12 bits per heavy atom. The van der Waals surface area contributed by atoms with Crippen LogP contribution in [0.2, 0.25) is 0 Å². The van der Waals surface area contributed by atoms with E-state index in [1.54, 1.807) is 0 Å². The summed E-state index contributed by atoms with van der Waals surface area (Å²) in [5.41, 5.74) is 2.89. The number of hydrogen-bond donors (Lipinski definition) is 1. The molecule has 1 heterocycles. The molecule has 2 aromatic carbocycles. The highest BCUT2D eigenvalue weighted by Crippen LogP contribution is 2.42. The predicted octanol–water partition coefficient (Wildman–Crippen LogP) is 6.21. The van der Waals surface area contributed by atoms with Crippen LogP contribution in [0, 0.1) is 0 Å². The van der Waals surface area contributed by atoms with Gasteiger partial charge in [0.05, 0.1) is 12.6 Å². The van der Waals surface area contributed by atoms with Gasteiger partial charge in [0.2, 0.25) is 0 Å². The SMILES string of the molecule is CCCCC1(CC)CSc2cc(OCC)ccc2C(c2ccccc2)N1. The van der Waals surface area contributed by atoms with Crippen molar-refractivity contribution in [2.45, 2.75) is 62.9 Å². The first-order chi connectivity index (χ1) is 12.7. The maximum atomic E-state index is 5.76. The number of nitrogens with one attached hydrogen (secondary N) is 1. The average Bonchev–Trinajstić information content (AvgIpc) is 2.85. The third-order valence-electron chi connectivity index (χ3n) is 5.38. The molecular formula is C23H31NOS. The van der Waals surface area contributed by atoms with Crippen molar-refractivity contribution in [1.82, 2.24) is 5.32 Å². The second-order valence-corrected chi connectivity index (χ2v) is 8.16. The van der Waals surface area contributed by atoms with Gasteiger partial charge in [-0.05, 0) is 43.0 Å². The molecule has 0 aromatic heterocycles. The van der Waals surface area contributed by atoms with Gasteiger partial charge < -0.3 is 4.74 Å². The highest BCUT2D eigenvalue weighted by molar-refractivity contribution is 7.99. The third-order valence-corrected chi connectivity index (χ3v) is 6.74. The van der Waals surface area contributed by atoms with Crippen LogP contribution in [0.15, 0.2) is 53.4 Å². The number of fused-ring (bicyclic) bond motifs is 1. The van der Waals surface area contributed by atoms with Crippen molar-refractivity contribution in [2.24, 2.45) is 0 Å². The van der Waals surface area contributed by atoms with Gasteiger partial charge in [0, 0.05) is 16.2 Å². The summed E-state index contributed by atoms with van der Waals surface area (Å²) < 4.78 is 5.76. The maximum Gasteiger partial charge on any atom is 0.120 e. The minimum absolute atomic E-state index is 0.173. The molecule has 3 heteroatoms. The molecule has 0 fully saturated rings. The van der Waals surface area contributed by atoms with Crippen molar-refractivity contribution in [3.05, 3.63) is 59.7 Å². The highest BCUT2D eigenvalue weighted by Gasteiger charge is 2.35. The summed E-state index contributed by atoms with van der Waals surface area (Å²) in [5.74, 6) is 2.08. The molecule has 140 valence electrons. The van der Waals surface area contributed by atoms with Gasteiger partial charge in [-0.25, -0.2) is 0 Å². The molecule has 0 spiro atoms. The van der Waals surface area contributed by atoms with Crippen molar-refractivity contribution >= 4 is 11.8 Å². The molecule has 0 saturated carbocycles. The number of ether oxygens (including phenoxy) is 1. The van der Waals surface area contributed by atoms with Gasteiger partial charge in [-0.2, -0.15) is 0 Å². The number of thioether (sulfide) groups is 1. The summed E-state index contributed by atoms with van der Waals surface area (Å²) in [5, 5.41) is 4.08. The van der Waals surface area contributed by atoms with Crippen LogP contribution < -0.4 is 10.1 Å². The zero-order chi connectivity index (χ0) is 18.4. The zero-order valence-electron chi connectivity index (χ0n) is 16.3. The molecule has 2 unspecified atom stereocenters. The second-order valence-electron chi connectivity index (χ2n) is 7.15. The fraction of sp³-hybridized carbons (Fsp3) is 0.478. The fourth-order valence-electron chi connectivity index (χ4n) is 3.72.